The molecule has 1 atom stereocenters. The highest BCUT2D eigenvalue weighted by atomic mass is 16.3. The third-order valence-corrected chi connectivity index (χ3v) is 5.14. The third kappa shape index (κ3) is 2.07. The van der Waals surface area contributed by atoms with Crippen molar-refractivity contribution in [1.82, 2.24) is 10.2 Å². The smallest absolute Gasteiger partial charge is 0.195 e. The molecule has 1 aliphatic heterocycles. The summed E-state index contributed by atoms with van der Waals surface area (Å²) in [5.74, 6) is 2.86. The molecule has 0 amide bonds. The zero-order valence-corrected chi connectivity index (χ0v) is 11.8. The highest BCUT2D eigenvalue weighted by Crippen LogP contribution is 2.39. The van der Waals surface area contributed by atoms with Gasteiger partial charge in [-0.25, -0.2) is 0 Å². The van der Waals surface area contributed by atoms with Crippen LogP contribution in [0.5, 0.6) is 0 Å². The summed E-state index contributed by atoms with van der Waals surface area (Å²) in [5.41, 5.74) is 0.891. The van der Waals surface area contributed by atoms with Crippen molar-refractivity contribution in [3.63, 3.8) is 0 Å². The first kappa shape index (κ1) is 12.2. The summed E-state index contributed by atoms with van der Waals surface area (Å²) in [6.45, 7) is 2.17. The minimum absolute atomic E-state index is 0.891. The predicted octanol–water partition coefficient (Wildman–Crippen LogP) is 3.63. The lowest BCUT2D eigenvalue weighted by Crippen LogP contribution is -2.27. The summed E-state index contributed by atoms with van der Waals surface area (Å²) >= 11 is 0. The molecule has 0 spiro atoms. The molecule has 2 aromatic heterocycles. The van der Waals surface area contributed by atoms with Crippen LogP contribution in [-0.2, 0) is 0 Å². The van der Waals surface area contributed by atoms with E-state index in [9.17, 15) is 0 Å². The number of rotatable bonds is 2. The second kappa shape index (κ2) is 5.08. The van der Waals surface area contributed by atoms with Crippen molar-refractivity contribution in [3.8, 4) is 0 Å². The Morgan fingerprint density at radius 1 is 1.05 bits per heavy atom. The first-order chi connectivity index (χ1) is 9.92. The number of hydrogen-bond acceptors (Lipinski definition) is 4. The van der Waals surface area contributed by atoms with E-state index in [0.717, 1.165) is 41.7 Å². The second-order valence-corrected chi connectivity index (χ2v) is 6.24. The largest absolute Gasteiger partial charge is 0.460 e. The SMILES string of the molecule is c1cc2cnnc(N3CCCC(C4CCC4)CC3)c2o1. The number of furan rings is 1. The number of fused-ring (bicyclic) bond motifs is 1. The van der Waals surface area contributed by atoms with Crippen molar-refractivity contribution in [3.05, 3.63) is 18.5 Å². The first-order valence-electron chi connectivity index (χ1n) is 7.85. The second-order valence-electron chi connectivity index (χ2n) is 6.24. The molecule has 0 aromatic carbocycles. The molecule has 2 fully saturated rings. The van der Waals surface area contributed by atoms with E-state index in [1.807, 2.05) is 6.07 Å². The van der Waals surface area contributed by atoms with Crippen LogP contribution in [0.1, 0.15) is 38.5 Å². The molecule has 2 aliphatic rings. The lowest BCUT2D eigenvalue weighted by atomic mass is 9.73. The van der Waals surface area contributed by atoms with Crippen molar-refractivity contribution in [2.45, 2.75) is 38.5 Å². The molecule has 0 N–H and O–H groups in total. The van der Waals surface area contributed by atoms with E-state index in [2.05, 4.69) is 15.1 Å². The van der Waals surface area contributed by atoms with Crippen molar-refractivity contribution in [1.29, 1.82) is 0 Å². The number of nitrogens with zero attached hydrogens (tertiary/aromatic N) is 3. The van der Waals surface area contributed by atoms with Crippen LogP contribution in [0.15, 0.2) is 22.9 Å². The standard InChI is InChI=1S/C16H21N3O/c1-3-12(4-1)13-5-2-8-19(9-6-13)16-15-14(7-10-20-15)11-17-18-16/h7,10-13H,1-6,8-9H2. The molecule has 106 valence electrons. The number of aromatic nitrogens is 2. The normalized spacial score (nSPS) is 24.6. The summed E-state index contributed by atoms with van der Waals surface area (Å²) in [4.78, 5) is 2.37. The average molecular weight is 271 g/mol. The van der Waals surface area contributed by atoms with Gasteiger partial charge in [-0.3, -0.25) is 0 Å². The van der Waals surface area contributed by atoms with E-state index in [-0.39, 0.29) is 0 Å². The highest BCUT2D eigenvalue weighted by Gasteiger charge is 2.29. The van der Waals surface area contributed by atoms with E-state index in [4.69, 9.17) is 4.42 Å². The summed E-state index contributed by atoms with van der Waals surface area (Å²) in [6.07, 6.45) is 11.8. The molecular formula is C16H21N3O. The lowest BCUT2D eigenvalue weighted by Gasteiger charge is -2.33. The van der Waals surface area contributed by atoms with Crippen molar-refractivity contribution in [2.75, 3.05) is 18.0 Å². The molecular weight excluding hydrogens is 250 g/mol. The summed E-state index contributed by atoms with van der Waals surface area (Å²) in [7, 11) is 0. The fourth-order valence-corrected chi connectivity index (χ4v) is 3.72. The molecule has 0 bridgehead atoms. The van der Waals surface area contributed by atoms with Gasteiger partial charge in [0.15, 0.2) is 11.4 Å². The Balaban J connectivity index is 1.55. The maximum atomic E-state index is 5.61. The van der Waals surface area contributed by atoms with Gasteiger partial charge in [0.05, 0.1) is 12.5 Å². The topological polar surface area (TPSA) is 42.2 Å². The molecule has 1 saturated heterocycles. The minimum atomic E-state index is 0.891. The maximum absolute atomic E-state index is 5.61. The van der Waals surface area contributed by atoms with Crippen LogP contribution < -0.4 is 4.90 Å². The molecule has 4 heteroatoms. The van der Waals surface area contributed by atoms with E-state index < -0.39 is 0 Å². The summed E-state index contributed by atoms with van der Waals surface area (Å²) in [5, 5.41) is 9.50. The maximum Gasteiger partial charge on any atom is 0.195 e. The zero-order valence-electron chi connectivity index (χ0n) is 11.8. The third-order valence-electron chi connectivity index (χ3n) is 5.14. The van der Waals surface area contributed by atoms with E-state index in [0.29, 0.717) is 0 Å². The van der Waals surface area contributed by atoms with Gasteiger partial charge >= 0.3 is 0 Å². The van der Waals surface area contributed by atoms with Gasteiger partial charge in [-0.05, 0) is 37.2 Å². The molecule has 2 aromatic rings. The number of anilines is 1. The average Bonchev–Trinajstić information content (AvgIpc) is 2.77. The van der Waals surface area contributed by atoms with E-state index >= 15 is 0 Å². The molecule has 0 radical (unpaired) electrons. The van der Waals surface area contributed by atoms with E-state index in [1.54, 1.807) is 12.5 Å². The summed E-state index contributed by atoms with van der Waals surface area (Å²) < 4.78 is 5.61. The zero-order chi connectivity index (χ0) is 13.4. The summed E-state index contributed by atoms with van der Waals surface area (Å²) in [6, 6.07) is 1.96. The lowest BCUT2D eigenvalue weighted by molar-refractivity contribution is 0.191. The predicted molar refractivity (Wildman–Crippen MR) is 78.7 cm³/mol. The fraction of sp³-hybridized carbons (Fsp3) is 0.625. The van der Waals surface area contributed by atoms with Gasteiger partial charge in [0.2, 0.25) is 0 Å². The quantitative estimate of drug-likeness (QED) is 0.836. The van der Waals surface area contributed by atoms with Crippen molar-refractivity contribution >= 4 is 16.8 Å². The molecule has 1 aliphatic carbocycles. The first-order valence-corrected chi connectivity index (χ1v) is 7.85. The van der Waals surface area contributed by atoms with Gasteiger partial charge in [0.25, 0.3) is 0 Å². The Bertz CT molecular complexity index is 590. The van der Waals surface area contributed by atoms with Crippen molar-refractivity contribution < 1.29 is 4.42 Å². The van der Waals surface area contributed by atoms with Crippen LogP contribution in [0.4, 0.5) is 5.82 Å². The molecule has 4 rings (SSSR count). The highest BCUT2D eigenvalue weighted by molar-refractivity contribution is 5.86. The molecule has 1 saturated carbocycles. The monoisotopic (exact) mass is 271 g/mol. The van der Waals surface area contributed by atoms with Gasteiger partial charge in [-0.15, -0.1) is 5.10 Å². The van der Waals surface area contributed by atoms with Crippen LogP contribution in [0, 0.1) is 11.8 Å². The van der Waals surface area contributed by atoms with Crippen molar-refractivity contribution in [2.24, 2.45) is 11.8 Å². The van der Waals surface area contributed by atoms with Gasteiger partial charge < -0.3 is 9.32 Å². The number of hydrogen-bond donors (Lipinski definition) is 0. The van der Waals surface area contributed by atoms with E-state index in [1.165, 1.54) is 38.5 Å². The molecule has 3 heterocycles. The van der Waals surface area contributed by atoms with Gasteiger partial charge in [-0.2, -0.15) is 5.10 Å². The Morgan fingerprint density at radius 3 is 2.75 bits per heavy atom. The molecule has 4 nitrogen and oxygen atoms in total. The molecule has 20 heavy (non-hydrogen) atoms. The molecule has 1 unspecified atom stereocenters. The Kier molecular flexibility index (Phi) is 3.09. The van der Waals surface area contributed by atoms with Gasteiger partial charge in [0, 0.05) is 18.5 Å². The Hall–Kier alpha value is -1.58. The fourth-order valence-electron chi connectivity index (χ4n) is 3.72. The Morgan fingerprint density at radius 2 is 1.90 bits per heavy atom. The van der Waals surface area contributed by atoms with Gasteiger partial charge in [-0.1, -0.05) is 19.3 Å². The Labute approximate surface area is 119 Å². The van der Waals surface area contributed by atoms with Crippen LogP contribution in [-0.4, -0.2) is 23.3 Å². The van der Waals surface area contributed by atoms with Crippen LogP contribution >= 0.6 is 0 Å². The minimum Gasteiger partial charge on any atom is -0.460 e. The van der Waals surface area contributed by atoms with Crippen LogP contribution in [0.25, 0.3) is 11.0 Å². The van der Waals surface area contributed by atoms with Crippen LogP contribution in [0.3, 0.4) is 0 Å². The van der Waals surface area contributed by atoms with Gasteiger partial charge in [0.1, 0.15) is 0 Å². The van der Waals surface area contributed by atoms with Crippen LogP contribution in [0.2, 0.25) is 0 Å².